The van der Waals surface area contributed by atoms with Crippen LogP contribution in [-0.4, -0.2) is 32.9 Å². The third kappa shape index (κ3) is 3.33. The van der Waals surface area contributed by atoms with Crippen LogP contribution in [0.25, 0.3) is 0 Å². The molecule has 1 N–H and O–H groups in total. The van der Waals surface area contributed by atoms with Crippen LogP contribution in [0.4, 0.5) is 0 Å². The van der Waals surface area contributed by atoms with E-state index < -0.39 is 0 Å². The molecule has 132 valence electrons. The Kier molecular flexibility index (Phi) is 4.57. The van der Waals surface area contributed by atoms with Crippen LogP contribution in [0.15, 0.2) is 36.7 Å². The van der Waals surface area contributed by atoms with Crippen LogP contribution in [0.2, 0.25) is 0 Å². The Balaban J connectivity index is 1.61. The fourth-order valence-corrected chi connectivity index (χ4v) is 4.21. The normalized spacial score (nSPS) is 21.2. The molecular weight excluding hydrogens is 312 g/mol. The summed E-state index contributed by atoms with van der Waals surface area (Å²) >= 11 is 0. The summed E-state index contributed by atoms with van der Waals surface area (Å²) in [6.45, 7) is 1.65. The Labute approximate surface area is 149 Å². The maximum atomic E-state index is 13.2. The molecule has 0 spiro atoms. The average Bonchev–Trinajstić information content (AvgIpc) is 3.26. The van der Waals surface area contributed by atoms with Crippen molar-refractivity contribution in [1.29, 1.82) is 0 Å². The average molecular weight is 338 g/mol. The van der Waals surface area contributed by atoms with E-state index in [2.05, 4.69) is 39.5 Å². The smallest absolute Gasteiger partial charge is 0.243 e. The van der Waals surface area contributed by atoms with E-state index in [0.29, 0.717) is 6.04 Å². The molecule has 1 aliphatic carbocycles. The molecular formula is C20H26N4O. The van der Waals surface area contributed by atoms with Gasteiger partial charge in [-0.3, -0.25) is 9.69 Å². The maximum Gasteiger partial charge on any atom is 0.243 e. The summed E-state index contributed by atoms with van der Waals surface area (Å²) in [7, 11) is 1.99. The molecule has 1 aromatic heterocycles. The lowest BCUT2D eigenvalue weighted by Gasteiger charge is -2.35. The number of aryl methyl sites for hydroxylation is 1. The van der Waals surface area contributed by atoms with Gasteiger partial charge in [0.05, 0.1) is 17.7 Å². The van der Waals surface area contributed by atoms with Crippen LogP contribution in [0.1, 0.15) is 48.7 Å². The number of nitrogens with zero attached hydrogens (tertiary/aromatic N) is 3. The number of carbonyl (C=O) groups excluding carboxylic acids is 1. The maximum absolute atomic E-state index is 13.2. The first-order valence-electron chi connectivity index (χ1n) is 9.31. The second-order valence-electron chi connectivity index (χ2n) is 7.29. The van der Waals surface area contributed by atoms with Gasteiger partial charge in [0.15, 0.2) is 0 Å². The first-order chi connectivity index (χ1) is 12.2. The van der Waals surface area contributed by atoms with E-state index in [4.69, 9.17) is 0 Å². The number of amides is 1. The van der Waals surface area contributed by atoms with E-state index in [-0.39, 0.29) is 11.9 Å². The summed E-state index contributed by atoms with van der Waals surface area (Å²) in [5.41, 5.74) is 3.36. The molecule has 0 radical (unpaired) electrons. The minimum absolute atomic E-state index is 0.132. The molecule has 1 aromatic carbocycles. The second-order valence-corrected chi connectivity index (χ2v) is 7.29. The molecule has 2 heterocycles. The zero-order valence-electron chi connectivity index (χ0n) is 14.8. The van der Waals surface area contributed by atoms with Crippen molar-refractivity contribution < 1.29 is 4.79 Å². The van der Waals surface area contributed by atoms with Crippen molar-refractivity contribution in [2.24, 2.45) is 7.05 Å². The van der Waals surface area contributed by atoms with E-state index in [1.165, 1.54) is 18.4 Å². The van der Waals surface area contributed by atoms with Crippen molar-refractivity contribution in [3.8, 4) is 0 Å². The van der Waals surface area contributed by atoms with Crippen molar-refractivity contribution in [1.82, 2.24) is 19.8 Å². The lowest BCUT2D eigenvalue weighted by molar-refractivity contribution is -0.128. The molecule has 0 saturated heterocycles. The topological polar surface area (TPSA) is 50.2 Å². The molecule has 0 bridgehead atoms. The van der Waals surface area contributed by atoms with Crippen LogP contribution in [0, 0.1) is 0 Å². The first-order valence-corrected chi connectivity index (χ1v) is 9.31. The molecule has 1 aliphatic heterocycles. The van der Waals surface area contributed by atoms with Gasteiger partial charge in [0, 0.05) is 32.6 Å². The highest BCUT2D eigenvalue weighted by atomic mass is 16.2. The van der Waals surface area contributed by atoms with Gasteiger partial charge in [-0.1, -0.05) is 43.2 Å². The third-order valence-electron chi connectivity index (χ3n) is 5.50. The van der Waals surface area contributed by atoms with Gasteiger partial charge >= 0.3 is 0 Å². The summed E-state index contributed by atoms with van der Waals surface area (Å²) in [5, 5.41) is 3.30. The molecule has 2 aliphatic rings. The molecule has 2 aromatic rings. The predicted octanol–water partition coefficient (Wildman–Crippen LogP) is 2.58. The monoisotopic (exact) mass is 338 g/mol. The van der Waals surface area contributed by atoms with Crippen molar-refractivity contribution in [3.63, 3.8) is 0 Å². The zero-order chi connectivity index (χ0) is 17.2. The van der Waals surface area contributed by atoms with E-state index in [9.17, 15) is 4.79 Å². The van der Waals surface area contributed by atoms with Crippen molar-refractivity contribution >= 4 is 5.91 Å². The summed E-state index contributed by atoms with van der Waals surface area (Å²) in [6.07, 6.45) is 7.40. The number of rotatable bonds is 4. The largest absolute Gasteiger partial charge is 0.352 e. The molecule has 5 nitrogen and oxygen atoms in total. The number of hydrogen-bond acceptors (Lipinski definition) is 3. The van der Waals surface area contributed by atoms with Crippen molar-refractivity contribution in [2.45, 2.75) is 50.7 Å². The molecule has 0 unspecified atom stereocenters. The van der Waals surface area contributed by atoms with Gasteiger partial charge in [-0.15, -0.1) is 0 Å². The molecule has 25 heavy (non-hydrogen) atoms. The van der Waals surface area contributed by atoms with Gasteiger partial charge in [0.2, 0.25) is 5.91 Å². The van der Waals surface area contributed by atoms with E-state index in [1.54, 1.807) is 0 Å². The Bertz CT molecular complexity index is 733. The highest BCUT2D eigenvalue weighted by Crippen LogP contribution is 2.31. The van der Waals surface area contributed by atoms with E-state index in [1.807, 2.05) is 24.0 Å². The fourth-order valence-electron chi connectivity index (χ4n) is 4.21. The zero-order valence-corrected chi connectivity index (χ0v) is 14.8. The Morgan fingerprint density at radius 3 is 2.76 bits per heavy atom. The Hall–Kier alpha value is -2.14. The van der Waals surface area contributed by atoms with Crippen LogP contribution in [0.3, 0.4) is 0 Å². The lowest BCUT2D eigenvalue weighted by Crippen LogP contribution is -2.47. The van der Waals surface area contributed by atoms with Gasteiger partial charge in [0.1, 0.15) is 6.04 Å². The van der Waals surface area contributed by atoms with Crippen LogP contribution in [0.5, 0.6) is 0 Å². The molecule has 4 rings (SSSR count). The lowest BCUT2D eigenvalue weighted by atomic mass is 10.00. The standard InChI is InChI=1S/C20H26N4O/c1-23-14-21-17-11-12-24(13-15-7-3-2-4-8-15)19(18(17)23)20(25)22-16-9-5-6-10-16/h2-4,7-8,14,16,19H,5-6,9-13H2,1H3,(H,22,25)/t19-/m1/s1. The van der Waals surface area contributed by atoms with E-state index in [0.717, 1.165) is 43.7 Å². The molecule has 1 atom stereocenters. The number of carbonyl (C=O) groups is 1. The third-order valence-corrected chi connectivity index (χ3v) is 5.50. The summed E-state index contributed by atoms with van der Waals surface area (Å²) in [5.74, 6) is 0.132. The number of benzene rings is 1. The number of hydrogen-bond donors (Lipinski definition) is 1. The fraction of sp³-hybridized carbons (Fsp3) is 0.500. The quantitative estimate of drug-likeness (QED) is 0.932. The molecule has 1 amide bonds. The van der Waals surface area contributed by atoms with Gasteiger partial charge in [-0.2, -0.15) is 0 Å². The SMILES string of the molecule is Cn1cnc2c1[C@H](C(=O)NC1CCCC1)N(Cc1ccccc1)CC2. The Morgan fingerprint density at radius 2 is 2.00 bits per heavy atom. The minimum Gasteiger partial charge on any atom is -0.352 e. The summed E-state index contributed by atoms with van der Waals surface area (Å²) in [4.78, 5) is 20.0. The van der Waals surface area contributed by atoms with Gasteiger partial charge in [-0.05, 0) is 18.4 Å². The number of nitrogens with one attached hydrogen (secondary N) is 1. The van der Waals surface area contributed by atoms with Crippen molar-refractivity contribution in [3.05, 3.63) is 53.6 Å². The van der Waals surface area contributed by atoms with Gasteiger partial charge < -0.3 is 9.88 Å². The van der Waals surface area contributed by atoms with Gasteiger partial charge in [0.25, 0.3) is 0 Å². The van der Waals surface area contributed by atoms with Crippen LogP contribution >= 0.6 is 0 Å². The van der Waals surface area contributed by atoms with Gasteiger partial charge in [-0.25, -0.2) is 4.98 Å². The number of fused-ring (bicyclic) bond motifs is 1. The number of imidazole rings is 1. The summed E-state index contributed by atoms with van der Waals surface area (Å²) < 4.78 is 2.02. The highest BCUT2D eigenvalue weighted by molar-refractivity contribution is 5.83. The highest BCUT2D eigenvalue weighted by Gasteiger charge is 2.37. The van der Waals surface area contributed by atoms with Crippen LogP contribution in [-0.2, 0) is 24.8 Å². The Morgan fingerprint density at radius 1 is 1.24 bits per heavy atom. The summed E-state index contributed by atoms with van der Waals surface area (Å²) in [6, 6.07) is 10.5. The van der Waals surface area contributed by atoms with Crippen molar-refractivity contribution in [2.75, 3.05) is 6.54 Å². The molecule has 5 heteroatoms. The first kappa shape index (κ1) is 16.3. The van der Waals surface area contributed by atoms with E-state index >= 15 is 0 Å². The number of aromatic nitrogens is 2. The predicted molar refractivity (Wildman–Crippen MR) is 96.9 cm³/mol. The second kappa shape index (κ2) is 7.00. The molecule has 1 saturated carbocycles. The molecule has 1 fully saturated rings. The minimum atomic E-state index is -0.253. The van der Waals surface area contributed by atoms with Crippen LogP contribution < -0.4 is 5.32 Å².